The van der Waals surface area contributed by atoms with Crippen molar-refractivity contribution in [3.63, 3.8) is 0 Å². The van der Waals surface area contributed by atoms with Crippen molar-refractivity contribution in [2.24, 2.45) is 0 Å². The van der Waals surface area contributed by atoms with Crippen LogP contribution in [0.4, 0.5) is 4.39 Å². The Hall–Kier alpha value is -3.80. The number of carbonyl (C=O) groups is 1. The molecule has 4 aromatic rings. The molecule has 2 heterocycles. The molecule has 0 aliphatic carbocycles. The predicted octanol–water partition coefficient (Wildman–Crippen LogP) is 7.12. The molecule has 0 spiro atoms. The normalized spacial score (nSPS) is 10.0. The van der Waals surface area contributed by atoms with Crippen LogP contribution in [-0.4, -0.2) is 27.7 Å². The summed E-state index contributed by atoms with van der Waals surface area (Å²) in [5.74, 6) is -0.214. The summed E-state index contributed by atoms with van der Waals surface area (Å²) >= 11 is 0. The van der Waals surface area contributed by atoms with Crippen molar-refractivity contribution in [2.75, 3.05) is 6.54 Å². The molecule has 1 N–H and O–H groups in total. The zero-order valence-corrected chi connectivity index (χ0v) is 23.2. The Labute approximate surface area is 227 Å². The smallest absolute Gasteiger partial charge is 0.207 e. The van der Waals surface area contributed by atoms with E-state index < -0.39 is 0 Å². The molecular weight excluding hydrogens is 475 g/mol. The van der Waals surface area contributed by atoms with Crippen LogP contribution in [0.5, 0.6) is 0 Å². The van der Waals surface area contributed by atoms with Gasteiger partial charge in [-0.3, -0.25) is 14.5 Å². The number of unbranched alkanes of at least 4 members (excludes halogenated alkanes) is 1. The fourth-order valence-corrected chi connectivity index (χ4v) is 3.73. The van der Waals surface area contributed by atoms with E-state index in [1.54, 1.807) is 12.1 Å². The highest BCUT2D eigenvalue weighted by Gasteiger charge is 2.10. The van der Waals surface area contributed by atoms with E-state index in [1.807, 2.05) is 32.2 Å². The Morgan fingerprint density at radius 3 is 2.21 bits per heavy atom. The summed E-state index contributed by atoms with van der Waals surface area (Å²) in [5.41, 5.74) is 6.83. The lowest BCUT2D eigenvalue weighted by molar-refractivity contribution is -0.109. The van der Waals surface area contributed by atoms with Gasteiger partial charge in [0.25, 0.3) is 0 Å². The fraction of sp³-hybridized carbons (Fsp3) is 0.344. The van der Waals surface area contributed by atoms with Gasteiger partial charge < -0.3 is 5.32 Å². The van der Waals surface area contributed by atoms with Crippen molar-refractivity contribution in [2.45, 2.75) is 66.3 Å². The maximum absolute atomic E-state index is 13.1. The highest BCUT2D eigenvalue weighted by molar-refractivity contribution is 5.59. The lowest BCUT2D eigenvalue weighted by Crippen LogP contribution is -2.10. The molecule has 6 heteroatoms. The van der Waals surface area contributed by atoms with Gasteiger partial charge in [-0.15, -0.1) is 0 Å². The number of rotatable bonds is 10. The van der Waals surface area contributed by atoms with Gasteiger partial charge in [0, 0.05) is 36.2 Å². The Balaban J connectivity index is 0.000000296. The number of nitrogens with one attached hydrogen (secondary N) is 1. The minimum atomic E-state index is -0.214. The number of aromatic nitrogens is 3. The van der Waals surface area contributed by atoms with Crippen molar-refractivity contribution < 1.29 is 9.18 Å². The molecule has 0 saturated carbocycles. The summed E-state index contributed by atoms with van der Waals surface area (Å²) in [5, 5.41) is 7.27. The van der Waals surface area contributed by atoms with Crippen LogP contribution < -0.4 is 5.32 Å². The second-order valence-electron chi connectivity index (χ2n) is 9.14. The molecule has 202 valence electrons. The third kappa shape index (κ3) is 11.5. The largest absolute Gasteiger partial charge is 0.359 e. The lowest BCUT2D eigenvalue weighted by Gasteiger charge is -2.06. The van der Waals surface area contributed by atoms with Crippen molar-refractivity contribution >= 4 is 6.41 Å². The van der Waals surface area contributed by atoms with E-state index in [0.29, 0.717) is 6.41 Å². The molecule has 0 unspecified atom stereocenters. The van der Waals surface area contributed by atoms with Crippen LogP contribution in [0.25, 0.3) is 11.3 Å². The number of amides is 1. The summed E-state index contributed by atoms with van der Waals surface area (Å²) in [7, 11) is 0. The minimum absolute atomic E-state index is 0.214. The summed E-state index contributed by atoms with van der Waals surface area (Å²) in [6.07, 6.45) is 7.77. The highest BCUT2D eigenvalue weighted by Crippen LogP contribution is 2.21. The van der Waals surface area contributed by atoms with Crippen LogP contribution >= 0.6 is 0 Å². The Morgan fingerprint density at radius 1 is 0.921 bits per heavy atom. The Bertz CT molecular complexity index is 1170. The zero-order valence-electron chi connectivity index (χ0n) is 23.2. The molecule has 0 aliphatic heterocycles. The quantitative estimate of drug-likeness (QED) is 0.180. The van der Waals surface area contributed by atoms with Gasteiger partial charge in [-0.1, -0.05) is 50.6 Å². The third-order valence-electron chi connectivity index (χ3n) is 5.77. The van der Waals surface area contributed by atoms with Crippen molar-refractivity contribution in [1.29, 1.82) is 0 Å². The second kappa shape index (κ2) is 17.6. The molecule has 0 radical (unpaired) electrons. The van der Waals surface area contributed by atoms with E-state index >= 15 is 0 Å². The van der Waals surface area contributed by atoms with E-state index in [4.69, 9.17) is 5.10 Å². The van der Waals surface area contributed by atoms with E-state index in [-0.39, 0.29) is 5.82 Å². The maximum atomic E-state index is 13.1. The number of pyridine rings is 1. The molecule has 1 amide bonds. The van der Waals surface area contributed by atoms with Gasteiger partial charge in [-0.05, 0) is 93.1 Å². The predicted molar refractivity (Wildman–Crippen MR) is 154 cm³/mol. The summed E-state index contributed by atoms with van der Waals surface area (Å²) in [6, 6.07) is 23.3. The number of benzene rings is 2. The van der Waals surface area contributed by atoms with Crippen molar-refractivity contribution in [1.82, 2.24) is 20.1 Å². The first-order valence-electron chi connectivity index (χ1n) is 13.4. The van der Waals surface area contributed by atoms with Gasteiger partial charge in [-0.25, -0.2) is 4.39 Å². The van der Waals surface area contributed by atoms with Crippen LogP contribution in [0.2, 0.25) is 0 Å². The molecule has 2 aromatic carbocycles. The average Bonchev–Trinajstić information content (AvgIpc) is 3.34. The van der Waals surface area contributed by atoms with Crippen LogP contribution in [0.15, 0.2) is 79.0 Å². The van der Waals surface area contributed by atoms with E-state index in [1.165, 1.54) is 29.0 Å². The van der Waals surface area contributed by atoms with Gasteiger partial charge in [0.2, 0.25) is 6.41 Å². The fourth-order valence-electron chi connectivity index (χ4n) is 3.73. The molecule has 0 bridgehead atoms. The highest BCUT2D eigenvalue weighted by atomic mass is 19.1. The molecule has 4 rings (SSSR count). The monoisotopic (exact) mass is 516 g/mol. The van der Waals surface area contributed by atoms with Crippen LogP contribution in [0.3, 0.4) is 0 Å². The zero-order chi connectivity index (χ0) is 27.6. The third-order valence-corrected chi connectivity index (χ3v) is 5.77. The molecule has 0 atom stereocenters. The average molecular weight is 517 g/mol. The molecule has 5 nitrogen and oxygen atoms in total. The first-order valence-corrected chi connectivity index (χ1v) is 13.4. The first-order chi connectivity index (χ1) is 18.5. The molecule has 0 fully saturated rings. The van der Waals surface area contributed by atoms with Crippen molar-refractivity contribution in [3.8, 4) is 11.3 Å². The first kappa shape index (κ1) is 30.4. The topological polar surface area (TPSA) is 59.8 Å². The van der Waals surface area contributed by atoms with Gasteiger partial charge in [0.05, 0.1) is 5.69 Å². The maximum Gasteiger partial charge on any atom is 0.207 e. The summed E-state index contributed by atoms with van der Waals surface area (Å²) < 4.78 is 15.3. The second-order valence-corrected chi connectivity index (χ2v) is 9.14. The standard InChI is InChI=1S/C21H23FN2.C7H9N.C4H9NO/c1-2-3-15-24-20(14-9-17-7-5-4-6-8-17)16-21(23-24)18-10-12-19(22)13-11-18;1-6-3-4-8-7(2)5-6;1-2-3-5-4-6/h4-8,10-13,16H,2-3,9,14-15H2,1H3;3-5H,1-2H3;4H,2-3H2,1H3,(H,5,6). The molecule has 0 aliphatic rings. The van der Waals surface area contributed by atoms with Crippen molar-refractivity contribution in [3.05, 3.63) is 107 Å². The minimum Gasteiger partial charge on any atom is -0.359 e. The van der Waals surface area contributed by atoms with Crippen LogP contribution in [0, 0.1) is 19.7 Å². The SMILES string of the molecule is CCCCn1nc(-c2ccc(F)cc2)cc1CCc1ccccc1.CCCNC=O.Cc1ccnc(C)c1. The lowest BCUT2D eigenvalue weighted by atomic mass is 10.1. The van der Waals surface area contributed by atoms with Crippen LogP contribution in [0.1, 0.15) is 55.6 Å². The number of nitrogens with zero attached hydrogens (tertiary/aromatic N) is 3. The van der Waals surface area contributed by atoms with Crippen LogP contribution in [-0.2, 0) is 24.2 Å². The summed E-state index contributed by atoms with van der Waals surface area (Å²) in [6.45, 7) is 9.98. The van der Waals surface area contributed by atoms with Gasteiger partial charge in [0.1, 0.15) is 5.82 Å². The van der Waals surface area contributed by atoms with Gasteiger partial charge >= 0.3 is 0 Å². The van der Waals surface area contributed by atoms with E-state index in [9.17, 15) is 9.18 Å². The molecule has 0 saturated heterocycles. The number of hydrogen-bond acceptors (Lipinski definition) is 3. The number of carbonyl (C=O) groups excluding carboxylic acids is 1. The number of hydrogen-bond donors (Lipinski definition) is 1. The van der Waals surface area contributed by atoms with Gasteiger partial charge in [-0.2, -0.15) is 5.10 Å². The molecule has 2 aromatic heterocycles. The van der Waals surface area contributed by atoms with E-state index in [0.717, 1.165) is 62.1 Å². The Morgan fingerprint density at radius 2 is 1.66 bits per heavy atom. The number of aryl methyl sites for hydroxylation is 5. The number of halogens is 1. The molecular formula is C32H41FN4O. The van der Waals surface area contributed by atoms with Gasteiger partial charge in [0.15, 0.2) is 0 Å². The molecule has 38 heavy (non-hydrogen) atoms. The Kier molecular flexibility index (Phi) is 14.1. The van der Waals surface area contributed by atoms with E-state index in [2.05, 4.69) is 65.2 Å². The summed E-state index contributed by atoms with van der Waals surface area (Å²) in [4.78, 5) is 13.5.